The van der Waals surface area contributed by atoms with Gasteiger partial charge in [0.15, 0.2) is 0 Å². The number of carbonyl (C=O) groups is 1. The molecule has 0 bridgehead atoms. The summed E-state index contributed by atoms with van der Waals surface area (Å²) in [4.78, 5) is 22.5. The van der Waals surface area contributed by atoms with E-state index < -0.39 is 17.3 Å². The first-order valence-electron chi connectivity index (χ1n) is 4.98. The second-order valence-corrected chi connectivity index (χ2v) is 3.50. The van der Waals surface area contributed by atoms with E-state index in [1.165, 1.54) is 18.2 Å². The number of aromatic amines is 1. The number of nitrogens with zero attached hydrogens (tertiary/aromatic N) is 1. The van der Waals surface area contributed by atoms with Crippen LogP contribution in [0.3, 0.4) is 0 Å². The number of amides is 1. The van der Waals surface area contributed by atoms with Gasteiger partial charge in [-0.05, 0) is 24.3 Å². The molecular formula is C11H9FN4O2. The quantitative estimate of drug-likeness (QED) is 0.682. The second-order valence-electron chi connectivity index (χ2n) is 3.50. The van der Waals surface area contributed by atoms with Gasteiger partial charge >= 0.3 is 0 Å². The van der Waals surface area contributed by atoms with Crippen molar-refractivity contribution in [1.82, 2.24) is 10.2 Å². The molecule has 0 aliphatic heterocycles. The smallest absolute Gasteiger partial charge is 0.276 e. The molecule has 0 saturated carbocycles. The Hall–Kier alpha value is -2.70. The third-order valence-electron chi connectivity index (χ3n) is 2.15. The van der Waals surface area contributed by atoms with E-state index in [2.05, 4.69) is 15.5 Å². The molecule has 2 rings (SSSR count). The van der Waals surface area contributed by atoms with Gasteiger partial charge in [-0.2, -0.15) is 5.10 Å². The predicted octanol–water partition coefficient (Wildman–Crippen LogP) is 0.744. The molecule has 0 saturated heterocycles. The van der Waals surface area contributed by atoms with Crippen LogP contribution in [-0.2, 0) is 0 Å². The van der Waals surface area contributed by atoms with Gasteiger partial charge < -0.3 is 11.1 Å². The molecule has 18 heavy (non-hydrogen) atoms. The first-order chi connectivity index (χ1) is 8.56. The molecule has 92 valence electrons. The Morgan fingerprint density at radius 2 is 2.11 bits per heavy atom. The number of rotatable bonds is 2. The van der Waals surface area contributed by atoms with Crippen LogP contribution in [0.25, 0.3) is 0 Å². The average molecular weight is 248 g/mol. The zero-order valence-electron chi connectivity index (χ0n) is 9.11. The number of nitrogen functional groups attached to an aromatic ring is 1. The molecule has 1 amide bonds. The fraction of sp³-hybridized carbons (Fsp3) is 0. The number of carbonyl (C=O) groups excluding carboxylic acids is 1. The summed E-state index contributed by atoms with van der Waals surface area (Å²) in [5, 5.41) is 7.94. The lowest BCUT2D eigenvalue weighted by Gasteiger charge is -2.06. The molecule has 6 nitrogen and oxygen atoms in total. The minimum absolute atomic E-state index is 0.0311. The number of nitrogens with one attached hydrogen (secondary N) is 2. The Labute approximate surface area is 101 Å². The van der Waals surface area contributed by atoms with Gasteiger partial charge in [0.1, 0.15) is 11.5 Å². The van der Waals surface area contributed by atoms with E-state index in [0.717, 1.165) is 12.1 Å². The highest BCUT2D eigenvalue weighted by atomic mass is 19.1. The summed E-state index contributed by atoms with van der Waals surface area (Å²) in [5.74, 6) is -1.25. The Morgan fingerprint density at radius 1 is 1.33 bits per heavy atom. The predicted molar refractivity (Wildman–Crippen MR) is 63.6 cm³/mol. The zero-order chi connectivity index (χ0) is 13.1. The molecule has 0 unspecified atom stereocenters. The number of H-pyrrole nitrogens is 1. The van der Waals surface area contributed by atoms with Crippen LogP contribution in [0.1, 0.15) is 10.5 Å². The molecule has 0 aliphatic rings. The lowest BCUT2D eigenvalue weighted by molar-refractivity contribution is 0.102. The largest absolute Gasteiger partial charge is 0.399 e. The van der Waals surface area contributed by atoms with Crippen molar-refractivity contribution in [3.05, 3.63) is 52.2 Å². The van der Waals surface area contributed by atoms with Crippen LogP contribution in [0.4, 0.5) is 15.8 Å². The highest BCUT2D eigenvalue weighted by Gasteiger charge is 2.10. The highest BCUT2D eigenvalue weighted by Crippen LogP contribution is 2.17. The van der Waals surface area contributed by atoms with Crippen molar-refractivity contribution in [1.29, 1.82) is 0 Å². The summed E-state index contributed by atoms with van der Waals surface area (Å²) < 4.78 is 13.4. The van der Waals surface area contributed by atoms with E-state index in [4.69, 9.17) is 5.73 Å². The van der Waals surface area contributed by atoms with Gasteiger partial charge in [-0.15, -0.1) is 0 Å². The molecule has 1 aromatic carbocycles. The maximum absolute atomic E-state index is 13.4. The summed E-state index contributed by atoms with van der Waals surface area (Å²) in [6.45, 7) is 0. The van der Waals surface area contributed by atoms with Crippen molar-refractivity contribution in [3.63, 3.8) is 0 Å². The van der Waals surface area contributed by atoms with Gasteiger partial charge in [0.05, 0.1) is 5.69 Å². The Morgan fingerprint density at radius 3 is 2.78 bits per heavy atom. The summed E-state index contributed by atoms with van der Waals surface area (Å²) in [7, 11) is 0. The van der Waals surface area contributed by atoms with E-state index in [1.807, 2.05) is 0 Å². The Kier molecular flexibility index (Phi) is 3.05. The van der Waals surface area contributed by atoms with E-state index >= 15 is 0 Å². The molecular weight excluding hydrogens is 239 g/mol. The van der Waals surface area contributed by atoms with E-state index in [-0.39, 0.29) is 11.4 Å². The minimum Gasteiger partial charge on any atom is -0.399 e. The van der Waals surface area contributed by atoms with Crippen LogP contribution >= 0.6 is 0 Å². The minimum atomic E-state index is -0.643. The lowest BCUT2D eigenvalue weighted by Crippen LogP contribution is -2.18. The van der Waals surface area contributed by atoms with Gasteiger partial charge in [0.2, 0.25) is 0 Å². The van der Waals surface area contributed by atoms with Crippen molar-refractivity contribution in [2.75, 3.05) is 11.1 Å². The number of hydrogen-bond acceptors (Lipinski definition) is 4. The van der Waals surface area contributed by atoms with Gasteiger partial charge in [-0.3, -0.25) is 9.59 Å². The number of hydrogen-bond donors (Lipinski definition) is 3. The molecule has 0 fully saturated rings. The normalized spacial score (nSPS) is 10.1. The maximum Gasteiger partial charge on any atom is 0.276 e. The zero-order valence-corrected chi connectivity index (χ0v) is 9.11. The van der Waals surface area contributed by atoms with Crippen molar-refractivity contribution in [3.8, 4) is 0 Å². The van der Waals surface area contributed by atoms with Crippen molar-refractivity contribution in [2.24, 2.45) is 0 Å². The molecule has 1 aromatic heterocycles. The van der Waals surface area contributed by atoms with Crippen molar-refractivity contribution in [2.45, 2.75) is 0 Å². The van der Waals surface area contributed by atoms with E-state index in [0.29, 0.717) is 5.69 Å². The van der Waals surface area contributed by atoms with Gasteiger partial charge in [0, 0.05) is 11.8 Å². The van der Waals surface area contributed by atoms with Crippen LogP contribution in [0.15, 0.2) is 35.1 Å². The summed E-state index contributed by atoms with van der Waals surface area (Å²) in [5.41, 5.74) is 5.29. The number of benzene rings is 1. The van der Waals surface area contributed by atoms with Crippen LogP contribution in [-0.4, -0.2) is 16.1 Å². The third kappa shape index (κ3) is 2.51. The Bertz CT molecular complexity index is 633. The van der Waals surface area contributed by atoms with Crippen LogP contribution < -0.4 is 16.6 Å². The molecule has 2 aromatic rings. The fourth-order valence-electron chi connectivity index (χ4n) is 1.30. The van der Waals surface area contributed by atoms with Gasteiger partial charge in [-0.25, -0.2) is 9.49 Å². The van der Waals surface area contributed by atoms with E-state index in [1.54, 1.807) is 0 Å². The third-order valence-corrected chi connectivity index (χ3v) is 2.15. The molecule has 0 aliphatic carbocycles. The molecule has 0 radical (unpaired) electrons. The molecule has 7 heteroatoms. The lowest BCUT2D eigenvalue weighted by atomic mass is 10.2. The first kappa shape index (κ1) is 11.8. The highest BCUT2D eigenvalue weighted by molar-refractivity contribution is 6.02. The number of anilines is 2. The number of halogens is 1. The maximum atomic E-state index is 13.4. The standard InChI is InChI=1S/C11H9FN4O2/c12-7-2-1-6(13)5-9(7)14-11(18)8-3-4-10(17)16-15-8/h1-5H,13H2,(H,14,18)(H,16,17). The summed E-state index contributed by atoms with van der Waals surface area (Å²) in [6.07, 6.45) is 0. The topological polar surface area (TPSA) is 101 Å². The fourth-order valence-corrected chi connectivity index (χ4v) is 1.30. The monoisotopic (exact) mass is 248 g/mol. The summed E-state index contributed by atoms with van der Waals surface area (Å²) in [6, 6.07) is 6.20. The second kappa shape index (κ2) is 4.66. The van der Waals surface area contributed by atoms with E-state index in [9.17, 15) is 14.0 Å². The SMILES string of the molecule is Nc1ccc(F)c(NC(=O)c2ccc(=O)[nH]n2)c1. The average Bonchev–Trinajstić information content (AvgIpc) is 2.34. The molecule has 4 N–H and O–H groups in total. The molecule has 1 heterocycles. The molecule has 0 atom stereocenters. The number of aromatic nitrogens is 2. The first-order valence-corrected chi connectivity index (χ1v) is 4.98. The molecule has 0 spiro atoms. The van der Waals surface area contributed by atoms with Crippen molar-refractivity contribution >= 4 is 17.3 Å². The van der Waals surface area contributed by atoms with Gasteiger partial charge in [0.25, 0.3) is 11.5 Å². The van der Waals surface area contributed by atoms with Crippen LogP contribution in [0.5, 0.6) is 0 Å². The summed E-state index contributed by atoms with van der Waals surface area (Å²) >= 11 is 0. The van der Waals surface area contributed by atoms with Crippen LogP contribution in [0, 0.1) is 5.82 Å². The van der Waals surface area contributed by atoms with Crippen molar-refractivity contribution < 1.29 is 9.18 Å². The van der Waals surface area contributed by atoms with Crippen LogP contribution in [0.2, 0.25) is 0 Å². The van der Waals surface area contributed by atoms with Gasteiger partial charge in [-0.1, -0.05) is 0 Å². The Balaban J connectivity index is 2.23. The number of nitrogens with two attached hydrogens (primary N) is 1.